The lowest BCUT2D eigenvalue weighted by Crippen LogP contribution is -2.19. The normalized spacial score (nSPS) is 13.0. The van der Waals surface area contributed by atoms with Gasteiger partial charge in [-0.15, -0.1) is 0 Å². The van der Waals surface area contributed by atoms with E-state index in [1.165, 1.54) is 0 Å². The third-order valence-corrected chi connectivity index (χ3v) is 4.32. The largest absolute Gasteiger partial charge is 0.411 e. The molecule has 3 rings (SSSR count). The molecule has 1 aromatic carbocycles. The van der Waals surface area contributed by atoms with Crippen molar-refractivity contribution in [3.05, 3.63) is 60.6 Å². The van der Waals surface area contributed by atoms with Crippen molar-refractivity contribution in [1.29, 1.82) is 0 Å². The third kappa shape index (κ3) is 5.76. The van der Waals surface area contributed by atoms with Crippen LogP contribution >= 0.6 is 0 Å². The quantitative estimate of drug-likeness (QED) is 0.552. The summed E-state index contributed by atoms with van der Waals surface area (Å²) in [7, 11) is 0. The molecular weight excluding hydrogens is 353 g/mol. The summed E-state index contributed by atoms with van der Waals surface area (Å²) in [5.74, 6) is 0.0407. The highest BCUT2D eigenvalue weighted by atomic mass is 19.4. The summed E-state index contributed by atoms with van der Waals surface area (Å²) >= 11 is 0. The number of hydrogen-bond acceptors (Lipinski definition) is 3. The van der Waals surface area contributed by atoms with E-state index >= 15 is 0 Å². The first-order chi connectivity index (χ1) is 12.9. The van der Waals surface area contributed by atoms with Gasteiger partial charge in [-0.05, 0) is 60.2 Å². The fourth-order valence-electron chi connectivity index (χ4n) is 2.88. The van der Waals surface area contributed by atoms with Crippen LogP contribution in [0.25, 0.3) is 22.0 Å². The molecule has 0 radical (unpaired) electrons. The van der Waals surface area contributed by atoms with Gasteiger partial charge in [0.15, 0.2) is 0 Å². The Morgan fingerprint density at radius 1 is 1.00 bits per heavy atom. The highest BCUT2D eigenvalue weighted by Crippen LogP contribution is 2.24. The molecule has 0 saturated carbocycles. The number of nitrogens with zero attached hydrogens (tertiary/aromatic N) is 2. The maximum absolute atomic E-state index is 12.1. The summed E-state index contributed by atoms with van der Waals surface area (Å²) in [5, 5.41) is 1.05. The van der Waals surface area contributed by atoms with Crippen LogP contribution in [0.1, 0.15) is 19.0 Å². The van der Waals surface area contributed by atoms with Crippen molar-refractivity contribution in [2.75, 3.05) is 13.2 Å². The first kappa shape index (κ1) is 19.3. The van der Waals surface area contributed by atoms with Gasteiger partial charge in [0, 0.05) is 30.1 Å². The molecule has 0 spiro atoms. The van der Waals surface area contributed by atoms with Crippen molar-refractivity contribution in [2.45, 2.75) is 25.9 Å². The smallest absolute Gasteiger partial charge is 0.372 e. The molecule has 142 valence electrons. The lowest BCUT2D eigenvalue weighted by molar-refractivity contribution is -0.176. The summed E-state index contributed by atoms with van der Waals surface area (Å²) in [6.07, 6.45) is 0.694. The number of alkyl halides is 3. The number of benzene rings is 1. The number of fused-ring (bicyclic) bond motifs is 1. The van der Waals surface area contributed by atoms with Crippen LogP contribution < -0.4 is 0 Å². The summed E-state index contributed by atoms with van der Waals surface area (Å²) in [4.78, 5) is 8.70. The van der Waals surface area contributed by atoms with Crippen LogP contribution in [0.15, 0.2) is 54.9 Å². The van der Waals surface area contributed by atoms with Gasteiger partial charge in [-0.3, -0.25) is 9.97 Å². The molecule has 0 fully saturated rings. The standard InChI is InChI=1S/C21H21F3N2O/c1-15(13-27-14-21(22,23)24)2-5-19-6-3-18-12-17(4-7-20(18)26-19)16-8-10-25-11-9-16/h3-4,6-12,15H,2,5,13-14H2,1H3. The molecule has 1 unspecified atom stereocenters. The number of hydrogen-bond donors (Lipinski definition) is 0. The van der Waals surface area contributed by atoms with Crippen LogP contribution in [0.5, 0.6) is 0 Å². The van der Waals surface area contributed by atoms with Gasteiger partial charge in [-0.1, -0.05) is 19.1 Å². The molecule has 3 nitrogen and oxygen atoms in total. The van der Waals surface area contributed by atoms with E-state index in [1.54, 1.807) is 12.4 Å². The van der Waals surface area contributed by atoms with Crippen molar-refractivity contribution < 1.29 is 17.9 Å². The van der Waals surface area contributed by atoms with Crippen molar-refractivity contribution in [2.24, 2.45) is 5.92 Å². The van der Waals surface area contributed by atoms with Gasteiger partial charge in [-0.25, -0.2) is 0 Å². The predicted molar refractivity (Wildman–Crippen MR) is 99.3 cm³/mol. The highest BCUT2D eigenvalue weighted by Gasteiger charge is 2.27. The zero-order valence-electron chi connectivity index (χ0n) is 15.0. The number of rotatable bonds is 7. The molecule has 6 heteroatoms. The minimum absolute atomic E-state index is 0.0407. The van der Waals surface area contributed by atoms with E-state index in [2.05, 4.69) is 16.0 Å². The Morgan fingerprint density at radius 3 is 2.52 bits per heavy atom. The van der Waals surface area contributed by atoms with E-state index in [1.807, 2.05) is 43.3 Å². The zero-order chi connectivity index (χ0) is 19.3. The van der Waals surface area contributed by atoms with E-state index in [4.69, 9.17) is 4.74 Å². The number of pyridine rings is 2. The lowest BCUT2D eigenvalue weighted by Gasteiger charge is -2.13. The van der Waals surface area contributed by atoms with Gasteiger partial charge in [0.05, 0.1) is 5.52 Å². The zero-order valence-corrected chi connectivity index (χ0v) is 15.0. The van der Waals surface area contributed by atoms with Crippen LogP contribution in [0, 0.1) is 5.92 Å². The average molecular weight is 374 g/mol. The van der Waals surface area contributed by atoms with Crippen molar-refractivity contribution in [3.63, 3.8) is 0 Å². The third-order valence-electron chi connectivity index (χ3n) is 4.32. The molecule has 2 aromatic heterocycles. The second-order valence-corrected chi connectivity index (χ2v) is 6.72. The second kappa shape index (κ2) is 8.48. The van der Waals surface area contributed by atoms with Gasteiger partial charge in [0.25, 0.3) is 0 Å². The molecule has 0 bridgehead atoms. The molecule has 1 atom stereocenters. The van der Waals surface area contributed by atoms with Gasteiger partial charge in [-0.2, -0.15) is 13.2 Å². The van der Waals surface area contributed by atoms with E-state index < -0.39 is 12.8 Å². The summed E-state index contributed by atoms with van der Waals surface area (Å²) in [6, 6.07) is 14.0. The topological polar surface area (TPSA) is 35.0 Å². The Kier molecular flexibility index (Phi) is 6.06. The molecule has 0 aliphatic rings. The molecule has 3 aromatic rings. The van der Waals surface area contributed by atoms with Crippen molar-refractivity contribution in [3.8, 4) is 11.1 Å². The van der Waals surface area contributed by atoms with Gasteiger partial charge in [0.1, 0.15) is 6.61 Å². The van der Waals surface area contributed by atoms with Crippen LogP contribution in [0.4, 0.5) is 13.2 Å². The Morgan fingerprint density at radius 2 is 1.78 bits per heavy atom. The first-order valence-corrected chi connectivity index (χ1v) is 8.85. The monoisotopic (exact) mass is 374 g/mol. The van der Waals surface area contributed by atoms with Gasteiger partial charge < -0.3 is 4.74 Å². The Hall–Kier alpha value is -2.47. The van der Waals surface area contributed by atoms with E-state index in [9.17, 15) is 13.2 Å². The minimum atomic E-state index is -4.27. The minimum Gasteiger partial charge on any atom is -0.372 e. The molecule has 0 amide bonds. The van der Waals surface area contributed by atoms with E-state index in [-0.39, 0.29) is 12.5 Å². The Balaban J connectivity index is 1.60. The number of aryl methyl sites for hydroxylation is 1. The van der Waals surface area contributed by atoms with Crippen LogP contribution in [-0.4, -0.2) is 29.4 Å². The SMILES string of the molecule is CC(CCc1ccc2cc(-c3ccncc3)ccc2n1)COCC(F)(F)F. The molecule has 27 heavy (non-hydrogen) atoms. The molecule has 0 N–H and O–H groups in total. The number of halogens is 3. The molecule has 0 aliphatic heterocycles. The molecule has 0 saturated heterocycles. The maximum atomic E-state index is 12.1. The van der Waals surface area contributed by atoms with Crippen LogP contribution in [-0.2, 0) is 11.2 Å². The van der Waals surface area contributed by atoms with Crippen molar-refractivity contribution >= 4 is 10.9 Å². The van der Waals surface area contributed by atoms with Gasteiger partial charge >= 0.3 is 6.18 Å². The summed E-state index contributed by atoms with van der Waals surface area (Å²) in [5.41, 5.74) is 4.05. The molecular formula is C21H21F3N2O. The van der Waals surface area contributed by atoms with Crippen molar-refractivity contribution in [1.82, 2.24) is 9.97 Å². The number of ether oxygens (including phenoxy) is 1. The van der Waals surface area contributed by atoms with Gasteiger partial charge in [0.2, 0.25) is 0 Å². The maximum Gasteiger partial charge on any atom is 0.411 e. The van der Waals surface area contributed by atoms with E-state index in [0.29, 0.717) is 6.42 Å². The highest BCUT2D eigenvalue weighted by molar-refractivity contribution is 5.84. The first-order valence-electron chi connectivity index (χ1n) is 8.85. The molecule has 0 aliphatic carbocycles. The summed E-state index contributed by atoms with van der Waals surface area (Å²) < 4.78 is 41.0. The molecule has 2 heterocycles. The fourth-order valence-corrected chi connectivity index (χ4v) is 2.88. The second-order valence-electron chi connectivity index (χ2n) is 6.72. The lowest BCUT2D eigenvalue weighted by atomic mass is 10.0. The Bertz CT molecular complexity index is 881. The summed E-state index contributed by atoms with van der Waals surface area (Å²) in [6.45, 7) is 0.798. The number of aromatic nitrogens is 2. The van der Waals surface area contributed by atoms with Crippen LogP contribution in [0.3, 0.4) is 0 Å². The fraction of sp³-hybridized carbons (Fsp3) is 0.333. The Labute approximate surface area is 156 Å². The average Bonchev–Trinajstić information content (AvgIpc) is 2.65. The van der Waals surface area contributed by atoms with E-state index in [0.717, 1.165) is 34.1 Å². The predicted octanol–water partition coefficient (Wildman–Crippen LogP) is 5.44. The van der Waals surface area contributed by atoms with Crippen LogP contribution in [0.2, 0.25) is 0 Å².